The van der Waals surface area contributed by atoms with E-state index in [-0.39, 0.29) is 11.9 Å². The molecule has 0 saturated carbocycles. The van der Waals surface area contributed by atoms with Crippen molar-refractivity contribution >= 4 is 17.2 Å². The normalized spacial score (nSPS) is 17.2. The molecular formula is C15H15NO2S. The van der Waals surface area contributed by atoms with Crippen LogP contribution in [0.25, 0.3) is 0 Å². The second-order valence-electron chi connectivity index (χ2n) is 4.76. The maximum atomic E-state index is 12.0. The molecule has 1 atom stereocenters. The highest BCUT2D eigenvalue weighted by Crippen LogP contribution is 2.36. The number of fused-ring (bicyclic) bond motifs is 1. The Morgan fingerprint density at radius 2 is 2.26 bits per heavy atom. The molecule has 3 rings (SSSR count). The Labute approximate surface area is 115 Å². The molecule has 2 N–H and O–H groups in total. The predicted molar refractivity (Wildman–Crippen MR) is 75.3 cm³/mol. The molecular weight excluding hydrogens is 258 g/mol. The van der Waals surface area contributed by atoms with Gasteiger partial charge in [-0.1, -0.05) is 18.2 Å². The summed E-state index contributed by atoms with van der Waals surface area (Å²) in [5.74, 6) is 0.385. The molecule has 19 heavy (non-hydrogen) atoms. The molecule has 0 saturated heterocycles. The SMILES string of the molecule is O=C(Cc1cccs1)N[C@H]1CCc2c(O)cccc21. The van der Waals surface area contributed by atoms with Crippen LogP contribution in [0.15, 0.2) is 35.7 Å². The van der Waals surface area contributed by atoms with Crippen LogP contribution >= 0.6 is 11.3 Å². The van der Waals surface area contributed by atoms with Crippen LogP contribution < -0.4 is 5.32 Å². The Hall–Kier alpha value is -1.81. The molecule has 0 bridgehead atoms. The Morgan fingerprint density at radius 1 is 1.37 bits per heavy atom. The minimum Gasteiger partial charge on any atom is -0.508 e. The maximum Gasteiger partial charge on any atom is 0.225 e. The zero-order valence-electron chi connectivity index (χ0n) is 10.4. The third-order valence-corrected chi connectivity index (χ3v) is 4.37. The van der Waals surface area contributed by atoms with Gasteiger partial charge in [-0.05, 0) is 41.5 Å². The van der Waals surface area contributed by atoms with Crippen molar-refractivity contribution < 1.29 is 9.90 Å². The van der Waals surface area contributed by atoms with Gasteiger partial charge in [0.25, 0.3) is 0 Å². The number of thiophene rings is 1. The van der Waals surface area contributed by atoms with Gasteiger partial charge in [-0.3, -0.25) is 4.79 Å². The largest absolute Gasteiger partial charge is 0.508 e. The zero-order chi connectivity index (χ0) is 13.2. The molecule has 1 aliphatic carbocycles. The van der Waals surface area contributed by atoms with E-state index < -0.39 is 0 Å². The molecule has 1 heterocycles. The van der Waals surface area contributed by atoms with Gasteiger partial charge in [-0.15, -0.1) is 11.3 Å². The molecule has 0 aliphatic heterocycles. The number of hydrogen-bond donors (Lipinski definition) is 2. The summed E-state index contributed by atoms with van der Waals surface area (Å²) in [4.78, 5) is 13.1. The Morgan fingerprint density at radius 3 is 3.05 bits per heavy atom. The molecule has 0 radical (unpaired) electrons. The number of carbonyl (C=O) groups excluding carboxylic acids is 1. The van der Waals surface area contributed by atoms with Crippen molar-refractivity contribution in [2.45, 2.75) is 25.3 Å². The number of hydrogen-bond acceptors (Lipinski definition) is 3. The van der Waals surface area contributed by atoms with E-state index in [1.54, 1.807) is 17.4 Å². The van der Waals surface area contributed by atoms with Gasteiger partial charge in [0.1, 0.15) is 5.75 Å². The van der Waals surface area contributed by atoms with Crippen LogP contribution in [0.4, 0.5) is 0 Å². The summed E-state index contributed by atoms with van der Waals surface area (Å²) in [7, 11) is 0. The fourth-order valence-electron chi connectivity index (χ4n) is 2.60. The van der Waals surface area contributed by atoms with Gasteiger partial charge in [-0.2, -0.15) is 0 Å². The number of amides is 1. The summed E-state index contributed by atoms with van der Waals surface area (Å²) in [6, 6.07) is 9.48. The van der Waals surface area contributed by atoms with Crippen LogP contribution in [0, 0.1) is 0 Å². The summed E-state index contributed by atoms with van der Waals surface area (Å²) in [6.45, 7) is 0. The summed E-state index contributed by atoms with van der Waals surface area (Å²) < 4.78 is 0. The van der Waals surface area contributed by atoms with E-state index in [2.05, 4.69) is 5.32 Å². The summed E-state index contributed by atoms with van der Waals surface area (Å²) >= 11 is 1.60. The quantitative estimate of drug-likeness (QED) is 0.903. The van der Waals surface area contributed by atoms with Crippen molar-refractivity contribution in [2.24, 2.45) is 0 Å². The minimum atomic E-state index is 0.0366. The third-order valence-electron chi connectivity index (χ3n) is 3.50. The molecule has 1 aromatic carbocycles. The van der Waals surface area contributed by atoms with E-state index in [1.807, 2.05) is 29.6 Å². The smallest absolute Gasteiger partial charge is 0.225 e. The van der Waals surface area contributed by atoms with Crippen molar-refractivity contribution in [1.82, 2.24) is 5.32 Å². The summed E-state index contributed by atoms with van der Waals surface area (Å²) in [6.07, 6.45) is 2.12. The predicted octanol–water partition coefficient (Wildman–Crippen LogP) is 2.80. The van der Waals surface area contributed by atoms with E-state index in [0.29, 0.717) is 12.2 Å². The van der Waals surface area contributed by atoms with Gasteiger partial charge in [-0.25, -0.2) is 0 Å². The molecule has 4 heteroatoms. The zero-order valence-corrected chi connectivity index (χ0v) is 11.2. The first-order valence-corrected chi connectivity index (χ1v) is 7.24. The Bertz CT molecular complexity index is 592. The second-order valence-corrected chi connectivity index (χ2v) is 5.79. The van der Waals surface area contributed by atoms with Gasteiger partial charge >= 0.3 is 0 Å². The Kier molecular flexibility index (Phi) is 3.25. The van der Waals surface area contributed by atoms with Gasteiger partial charge in [0.15, 0.2) is 0 Å². The van der Waals surface area contributed by atoms with Crippen LogP contribution in [0.1, 0.15) is 28.5 Å². The number of benzene rings is 1. The minimum absolute atomic E-state index is 0.0366. The van der Waals surface area contributed by atoms with Gasteiger partial charge in [0.2, 0.25) is 5.91 Å². The van der Waals surface area contributed by atoms with Gasteiger partial charge in [0.05, 0.1) is 12.5 Å². The van der Waals surface area contributed by atoms with Crippen LogP contribution in [-0.2, 0) is 17.6 Å². The first-order chi connectivity index (χ1) is 9.24. The van der Waals surface area contributed by atoms with Gasteiger partial charge in [0, 0.05) is 4.88 Å². The molecule has 0 spiro atoms. The average Bonchev–Trinajstić information content (AvgIpc) is 3.01. The van der Waals surface area contributed by atoms with E-state index in [9.17, 15) is 9.90 Å². The maximum absolute atomic E-state index is 12.0. The van der Waals surface area contributed by atoms with Gasteiger partial charge < -0.3 is 10.4 Å². The fraction of sp³-hybridized carbons (Fsp3) is 0.267. The van der Waals surface area contributed by atoms with E-state index in [0.717, 1.165) is 28.8 Å². The molecule has 0 unspecified atom stereocenters. The van der Waals surface area contributed by atoms with E-state index >= 15 is 0 Å². The van der Waals surface area contributed by atoms with Crippen molar-refractivity contribution in [2.75, 3.05) is 0 Å². The van der Waals surface area contributed by atoms with Crippen molar-refractivity contribution in [3.8, 4) is 5.75 Å². The van der Waals surface area contributed by atoms with Crippen LogP contribution in [0.2, 0.25) is 0 Å². The molecule has 1 aliphatic rings. The molecule has 1 aromatic heterocycles. The lowest BCUT2D eigenvalue weighted by Gasteiger charge is -2.14. The summed E-state index contributed by atoms with van der Waals surface area (Å²) in [5.41, 5.74) is 2.03. The van der Waals surface area contributed by atoms with Crippen LogP contribution in [0.5, 0.6) is 5.75 Å². The molecule has 1 amide bonds. The van der Waals surface area contributed by atoms with E-state index in [1.165, 1.54) is 0 Å². The highest BCUT2D eigenvalue weighted by Gasteiger charge is 2.25. The standard InChI is InChI=1S/C15H15NO2S/c17-14-5-1-4-11-12(14)6-7-13(11)16-15(18)9-10-3-2-8-19-10/h1-5,8,13,17H,6-7,9H2,(H,16,18)/t13-/m0/s1. The number of carbonyl (C=O) groups is 1. The summed E-state index contributed by atoms with van der Waals surface area (Å²) in [5, 5.41) is 14.8. The van der Waals surface area contributed by atoms with Crippen LogP contribution in [0.3, 0.4) is 0 Å². The molecule has 2 aromatic rings. The lowest BCUT2D eigenvalue weighted by molar-refractivity contribution is -0.121. The second kappa shape index (κ2) is 5.05. The average molecular weight is 273 g/mol. The molecule has 0 fully saturated rings. The highest BCUT2D eigenvalue weighted by atomic mass is 32.1. The lowest BCUT2D eigenvalue weighted by atomic mass is 10.1. The fourth-order valence-corrected chi connectivity index (χ4v) is 3.31. The highest BCUT2D eigenvalue weighted by molar-refractivity contribution is 7.10. The number of aromatic hydroxyl groups is 1. The molecule has 3 nitrogen and oxygen atoms in total. The van der Waals surface area contributed by atoms with Crippen molar-refractivity contribution in [3.63, 3.8) is 0 Å². The lowest BCUT2D eigenvalue weighted by Crippen LogP contribution is -2.28. The Balaban J connectivity index is 1.69. The van der Waals surface area contributed by atoms with Crippen molar-refractivity contribution in [3.05, 3.63) is 51.7 Å². The monoisotopic (exact) mass is 273 g/mol. The molecule has 98 valence electrons. The topological polar surface area (TPSA) is 49.3 Å². The first-order valence-electron chi connectivity index (χ1n) is 6.36. The van der Waals surface area contributed by atoms with Crippen LogP contribution in [-0.4, -0.2) is 11.0 Å². The first kappa shape index (κ1) is 12.2. The number of phenolic OH excluding ortho intramolecular Hbond substituents is 1. The number of rotatable bonds is 3. The van der Waals surface area contributed by atoms with Crippen molar-refractivity contribution in [1.29, 1.82) is 0 Å². The van der Waals surface area contributed by atoms with E-state index in [4.69, 9.17) is 0 Å². The number of nitrogens with one attached hydrogen (secondary N) is 1. The third kappa shape index (κ3) is 2.49. The number of phenols is 1.